The van der Waals surface area contributed by atoms with Gasteiger partial charge in [0, 0.05) is 19.2 Å². The van der Waals surface area contributed by atoms with Crippen LogP contribution in [-0.4, -0.2) is 35.9 Å². The number of hydrogen-bond donors (Lipinski definition) is 0. The van der Waals surface area contributed by atoms with E-state index in [4.69, 9.17) is 4.74 Å². The maximum atomic E-state index is 6.22. The first kappa shape index (κ1) is 18.8. The number of aliphatic imine (C=N–C) groups is 1. The lowest BCUT2D eigenvalue weighted by atomic mass is 9.80. The fourth-order valence-electron chi connectivity index (χ4n) is 3.19. The number of hydrogen-bond acceptors (Lipinski definition) is 3. The molecule has 1 aliphatic carbocycles. The van der Waals surface area contributed by atoms with Crippen LogP contribution in [0.25, 0.3) is 0 Å². The van der Waals surface area contributed by atoms with E-state index < -0.39 is 0 Å². The molecule has 4 heteroatoms. The van der Waals surface area contributed by atoms with Crippen LogP contribution in [0.4, 0.5) is 5.69 Å². The maximum Gasteiger partial charge on any atom is 0.216 e. The van der Waals surface area contributed by atoms with E-state index in [9.17, 15) is 0 Å². The summed E-state index contributed by atoms with van der Waals surface area (Å²) in [5.41, 5.74) is 2.91. The Kier molecular flexibility index (Phi) is 6.64. The highest BCUT2D eigenvalue weighted by Gasteiger charge is 2.25. The molecule has 0 N–H and O–H groups in total. The molecule has 1 aromatic rings. The first-order valence-corrected chi connectivity index (χ1v) is 9.30. The van der Waals surface area contributed by atoms with Crippen LogP contribution in [-0.2, 0) is 0 Å². The largest absolute Gasteiger partial charge is 0.474 e. The van der Waals surface area contributed by atoms with E-state index in [1.54, 1.807) is 0 Å². The van der Waals surface area contributed by atoms with Gasteiger partial charge in [0.25, 0.3) is 0 Å². The molecule has 0 aliphatic heterocycles. The summed E-state index contributed by atoms with van der Waals surface area (Å²) in [4.78, 5) is 11.3. The van der Waals surface area contributed by atoms with Crippen molar-refractivity contribution in [3.05, 3.63) is 17.3 Å². The van der Waals surface area contributed by atoms with Gasteiger partial charge in [-0.2, -0.15) is 0 Å². The van der Waals surface area contributed by atoms with Crippen LogP contribution in [0.15, 0.2) is 11.1 Å². The summed E-state index contributed by atoms with van der Waals surface area (Å²) in [5.74, 6) is 2.42. The maximum absolute atomic E-state index is 6.22. The third-order valence-corrected chi connectivity index (χ3v) is 5.16. The van der Waals surface area contributed by atoms with E-state index in [0.717, 1.165) is 54.0 Å². The predicted molar refractivity (Wildman–Crippen MR) is 101 cm³/mol. The molecule has 0 radical (unpaired) electrons. The second-order valence-corrected chi connectivity index (χ2v) is 7.43. The monoisotopic (exact) mass is 331 g/mol. The van der Waals surface area contributed by atoms with Gasteiger partial charge in [0.1, 0.15) is 6.10 Å². The first-order chi connectivity index (χ1) is 11.4. The van der Waals surface area contributed by atoms with Gasteiger partial charge in [0.2, 0.25) is 5.88 Å². The smallest absolute Gasteiger partial charge is 0.216 e. The standard InChI is InChI=1S/C20H33N3O/c1-7-23(6)13-21-19-12-15(4)20(22-16(19)5)24-18-10-8-17(9-11-18)14(2)3/h12-14,17-18H,7-11H2,1-6H3/b21-13+/t17-,18+. The third kappa shape index (κ3) is 4.96. The molecule has 24 heavy (non-hydrogen) atoms. The van der Waals surface area contributed by atoms with Crippen molar-refractivity contribution in [3.8, 4) is 5.88 Å². The minimum atomic E-state index is 0.311. The van der Waals surface area contributed by atoms with Gasteiger partial charge >= 0.3 is 0 Å². The Morgan fingerprint density at radius 1 is 1.29 bits per heavy atom. The van der Waals surface area contributed by atoms with Gasteiger partial charge < -0.3 is 9.64 Å². The summed E-state index contributed by atoms with van der Waals surface area (Å²) in [6, 6.07) is 2.08. The summed E-state index contributed by atoms with van der Waals surface area (Å²) in [6.07, 6.45) is 7.00. The fraction of sp³-hybridized carbons (Fsp3) is 0.700. The molecule has 0 aromatic carbocycles. The van der Waals surface area contributed by atoms with E-state index in [1.165, 1.54) is 12.8 Å². The molecule has 1 aromatic heterocycles. The summed E-state index contributed by atoms with van der Waals surface area (Å²) in [6.45, 7) is 11.8. The fourth-order valence-corrected chi connectivity index (χ4v) is 3.19. The Labute approximate surface area is 147 Å². The molecule has 1 heterocycles. The number of pyridine rings is 1. The van der Waals surface area contributed by atoms with Crippen molar-refractivity contribution in [1.82, 2.24) is 9.88 Å². The summed E-state index contributed by atoms with van der Waals surface area (Å²) >= 11 is 0. The van der Waals surface area contributed by atoms with Crippen molar-refractivity contribution in [1.29, 1.82) is 0 Å². The van der Waals surface area contributed by atoms with Crippen molar-refractivity contribution < 1.29 is 4.74 Å². The minimum Gasteiger partial charge on any atom is -0.474 e. The quantitative estimate of drug-likeness (QED) is 0.549. The van der Waals surface area contributed by atoms with Crippen LogP contribution in [0.2, 0.25) is 0 Å². The van der Waals surface area contributed by atoms with Gasteiger partial charge in [-0.15, -0.1) is 0 Å². The summed E-state index contributed by atoms with van der Waals surface area (Å²) in [5, 5.41) is 0. The zero-order chi connectivity index (χ0) is 17.7. The molecule has 0 unspecified atom stereocenters. The number of aryl methyl sites for hydroxylation is 2. The molecule has 0 atom stereocenters. The Bertz CT molecular complexity index is 560. The van der Waals surface area contributed by atoms with Gasteiger partial charge in [-0.25, -0.2) is 9.98 Å². The van der Waals surface area contributed by atoms with E-state index in [0.29, 0.717) is 6.10 Å². The Balaban J connectivity index is 2.02. The molecule has 0 amide bonds. The van der Waals surface area contributed by atoms with Crippen molar-refractivity contribution in [2.75, 3.05) is 13.6 Å². The molecule has 1 aliphatic rings. The topological polar surface area (TPSA) is 37.7 Å². The van der Waals surface area contributed by atoms with Gasteiger partial charge in [-0.1, -0.05) is 13.8 Å². The molecule has 0 spiro atoms. The molecule has 0 bridgehead atoms. The molecule has 4 nitrogen and oxygen atoms in total. The highest BCUT2D eigenvalue weighted by Crippen LogP contribution is 2.33. The van der Waals surface area contributed by atoms with Gasteiger partial charge in [-0.05, 0) is 64.4 Å². The second-order valence-electron chi connectivity index (χ2n) is 7.43. The van der Waals surface area contributed by atoms with E-state index in [2.05, 4.69) is 43.7 Å². The SMILES string of the molecule is CCN(C)/C=N/c1cc(C)c(O[C@H]2CC[C@@H](C(C)C)CC2)nc1C. The van der Waals surface area contributed by atoms with Crippen LogP contribution in [0.5, 0.6) is 5.88 Å². The number of ether oxygens (including phenoxy) is 1. The van der Waals surface area contributed by atoms with E-state index in [-0.39, 0.29) is 0 Å². The minimum absolute atomic E-state index is 0.311. The van der Waals surface area contributed by atoms with Crippen molar-refractivity contribution >= 4 is 12.0 Å². The van der Waals surface area contributed by atoms with Crippen LogP contribution in [0.3, 0.4) is 0 Å². The molecule has 2 rings (SSSR count). The summed E-state index contributed by atoms with van der Waals surface area (Å²) in [7, 11) is 2.02. The number of aromatic nitrogens is 1. The number of nitrogens with zero attached hydrogens (tertiary/aromatic N) is 3. The van der Waals surface area contributed by atoms with Crippen LogP contribution >= 0.6 is 0 Å². The molecule has 134 valence electrons. The molecule has 1 saturated carbocycles. The third-order valence-electron chi connectivity index (χ3n) is 5.16. The normalized spacial score (nSPS) is 21.5. The van der Waals surface area contributed by atoms with Crippen molar-refractivity contribution in [2.24, 2.45) is 16.8 Å². The zero-order valence-electron chi connectivity index (χ0n) is 16.2. The van der Waals surface area contributed by atoms with Gasteiger partial charge in [0.05, 0.1) is 17.7 Å². The van der Waals surface area contributed by atoms with Gasteiger partial charge in [0.15, 0.2) is 0 Å². The predicted octanol–water partition coefficient (Wildman–Crippen LogP) is 4.90. The summed E-state index contributed by atoms with van der Waals surface area (Å²) < 4.78 is 6.22. The van der Waals surface area contributed by atoms with Crippen molar-refractivity contribution in [2.45, 2.75) is 66.4 Å². The van der Waals surface area contributed by atoms with Crippen LogP contribution in [0, 0.1) is 25.7 Å². The van der Waals surface area contributed by atoms with Crippen LogP contribution < -0.4 is 4.74 Å². The van der Waals surface area contributed by atoms with E-state index in [1.807, 2.05) is 25.2 Å². The van der Waals surface area contributed by atoms with Crippen LogP contribution in [0.1, 0.15) is 57.7 Å². The molecular weight excluding hydrogens is 298 g/mol. The molecular formula is C20H33N3O. The zero-order valence-corrected chi connectivity index (χ0v) is 16.2. The average molecular weight is 332 g/mol. The second kappa shape index (κ2) is 8.50. The highest BCUT2D eigenvalue weighted by atomic mass is 16.5. The Morgan fingerprint density at radius 3 is 2.54 bits per heavy atom. The lowest BCUT2D eigenvalue weighted by Gasteiger charge is -2.31. The first-order valence-electron chi connectivity index (χ1n) is 9.30. The van der Waals surface area contributed by atoms with Gasteiger partial charge in [-0.3, -0.25) is 0 Å². The lowest BCUT2D eigenvalue weighted by molar-refractivity contribution is 0.111. The van der Waals surface area contributed by atoms with E-state index >= 15 is 0 Å². The molecule has 0 saturated heterocycles. The lowest BCUT2D eigenvalue weighted by Crippen LogP contribution is -2.26. The highest BCUT2D eigenvalue weighted by molar-refractivity contribution is 5.62. The Hall–Kier alpha value is -1.58. The molecule has 1 fully saturated rings. The van der Waals surface area contributed by atoms with Crippen molar-refractivity contribution in [3.63, 3.8) is 0 Å². The Morgan fingerprint density at radius 2 is 1.96 bits per heavy atom. The number of rotatable bonds is 6. The average Bonchev–Trinajstić information content (AvgIpc) is 2.56.